The van der Waals surface area contributed by atoms with Crippen molar-refractivity contribution < 1.29 is 0 Å². The highest BCUT2D eigenvalue weighted by molar-refractivity contribution is 6.30. The van der Waals surface area contributed by atoms with Crippen LogP contribution in [0.1, 0.15) is 36.9 Å². The van der Waals surface area contributed by atoms with E-state index in [1.807, 2.05) is 14.0 Å². The van der Waals surface area contributed by atoms with Crippen LogP contribution in [0.4, 0.5) is 0 Å². The number of aryl methyl sites for hydroxylation is 2. The zero-order valence-corrected chi connectivity index (χ0v) is 11.5. The summed E-state index contributed by atoms with van der Waals surface area (Å²) in [5.41, 5.74) is 8.16. The van der Waals surface area contributed by atoms with E-state index in [0.29, 0.717) is 11.8 Å². The molecule has 2 unspecified atom stereocenters. The number of hydrogen-bond acceptors (Lipinski definition) is 2. The molecule has 2 N–H and O–H groups in total. The predicted molar refractivity (Wildman–Crippen MR) is 71.2 cm³/mol. The quantitative estimate of drug-likeness (QED) is 0.903. The molecule has 0 bridgehead atoms. The summed E-state index contributed by atoms with van der Waals surface area (Å²) in [5.74, 6) is 1.36. The Kier molecular flexibility index (Phi) is 4.10. The summed E-state index contributed by atoms with van der Waals surface area (Å²) in [6.07, 6.45) is 6.27. The van der Waals surface area contributed by atoms with Gasteiger partial charge in [-0.1, -0.05) is 24.4 Å². The second-order valence-corrected chi connectivity index (χ2v) is 5.58. The molecule has 3 nitrogen and oxygen atoms in total. The van der Waals surface area contributed by atoms with E-state index in [4.69, 9.17) is 17.3 Å². The van der Waals surface area contributed by atoms with Gasteiger partial charge in [0, 0.05) is 12.6 Å². The molecule has 1 aliphatic carbocycles. The van der Waals surface area contributed by atoms with E-state index in [2.05, 4.69) is 5.10 Å². The van der Waals surface area contributed by atoms with Crippen molar-refractivity contribution in [2.45, 2.75) is 39.0 Å². The molecular formula is C13H22ClN3. The van der Waals surface area contributed by atoms with E-state index in [0.717, 1.165) is 23.8 Å². The highest BCUT2D eigenvalue weighted by Gasteiger charge is 2.26. The Hall–Kier alpha value is -0.540. The molecule has 96 valence electrons. The summed E-state index contributed by atoms with van der Waals surface area (Å²) in [4.78, 5) is 0. The smallest absolute Gasteiger partial charge is 0.130 e. The first-order chi connectivity index (χ1) is 8.13. The molecule has 0 radical (unpaired) electrons. The number of nitrogens with two attached hydrogens (primary N) is 1. The van der Waals surface area contributed by atoms with Gasteiger partial charge < -0.3 is 5.73 Å². The summed E-state index contributed by atoms with van der Waals surface area (Å²) >= 11 is 6.29. The first-order valence-corrected chi connectivity index (χ1v) is 6.89. The Balaban J connectivity index is 2.13. The van der Waals surface area contributed by atoms with Crippen LogP contribution in [-0.2, 0) is 13.5 Å². The van der Waals surface area contributed by atoms with E-state index in [1.54, 1.807) is 4.68 Å². The molecule has 0 aromatic carbocycles. The molecule has 0 saturated heterocycles. The lowest BCUT2D eigenvalue weighted by molar-refractivity contribution is 0.242. The van der Waals surface area contributed by atoms with Crippen molar-refractivity contribution in [3.63, 3.8) is 0 Å². The van der Waals surface area contributed by atoms with Gasteiger partial charge in [-0.05, 0) is 44.6 Å². The van der Waals surface area contributed by atoms with Crippen molar-refractivity contribution in [3.05, 3.63) is 16.4 Å². The fourth-order valence-electron chi connectivity index (χ4n) is 3.03. The predicted octanol–water partition coefficient (Wildman–Crippen LogP) is 2.69. The SMILES string of the molecule is Cc1nn(C)c(Cl)c1CC1CCCCC1CN. The van der Waals surface area contributed by atoms with E-state index in [-0.39, 0.29) is 0 Å². The highest BCUT2D eigenvalue weighted by atomic mass is 35.5. The van der Waals surface area contributed by atoms with Gasteiger partial charge in [-0.2, -0.15) is 5.10 Å². The van der Waals surface area contributed by atoms with Crippen molar-refractivity contribution in [1.29, 1.82) is 0 Å². The largest absolute Gasteiger partial charge is 0.330 e. The number of aromatic nitrogens is 2. The van der Waals surface area contributed by atoms with Gasteiger partial charge in [0.15, 0.2) is 0 Å². The maximum Gasteiger partial charge on any atom is 0.130 e. The van der Waals surface area contributed by atoms with E-state index < -0.39 is 0 Å². The summed E-state index contributed by atoms with van der Waals surface area (Å²) in [7, 11) is 1.90. The van der Waals surface area contributed by atoms with E-state index in [9.17, 15) is 0 Å². The van der Waals surface area contributed by atoms with Crippen LogP contribution in [0, 0.1) is 18.8 Å². The summed E-state index contributed by atoms with van der Waals surface area (Å²) < 4.78 is 1.77. The van der Waals surface area contributed by atoms with Gasteiger partial charge in [0.1, 0.15) is 5.15 Å². The zero-order chi connectivity index (χ0) is 12.4. The number of rotatable bonds is 3. The van der Waals surface area contributed by atoms with Crippen LogP contribution in [-0.4, -0.2) is 16.3 Å². The molecule has 1 saturated carbocycles. The standard InChI is InChI=1S/C13H22ClN3/c1-9-12(13(14)17(2)16-9)7-10-5-3-4-6-11(10)8-15/h10-11H,3-8,15H2,1-2H3. The van der Waals surface area contributed by atoms with Crippen molar-refractivity contribution in [2.75, 3.05) is 6.54 Å². The van der Waals surface area contributed by atoms with Crippen LogP contribution in [0.15, 0.2) is 0 Å². The number of halogens is 1. The monoisotopic (exact) mass is 255 g/mol. The summed E-state index contributed by atoms with van der Waals surface area (Å²) in [5, 5.41) is 5.18. The molecular weight excluding hydrogens is 234 g/mol. The third kappa shape index (κ3) is 2.66. The normalized spacial score (nSPS) is 25.2. The molecule has 1 aromatic rings. The topological polar surface area (TPSA) is 43.8 Å². The Labute approximate surface area is 108 Å². The molecule has 0 aliphatic heterocycles. The van der Waals surface area contributed by atoms with Crippen LogP contribution < -0.4 is 5.73 Å². The average Bonchev–Trinajstić information content (AvgIpc) is 2.57. The van der Waals surface area contributed by atoms with E-state index in [1.165, 1.54) is 31.2 Å². The number of nitrogens with zero attached hydrogens (tertiary/aromatic N) is 2. The van der Waals surface area contributed by atoms with Gasteiger partial charge in [-0.25, -0.2) is 0 Å². The van der Waals surface area contributed by atoms with Gasteiger partial charge in [-0.3, -0.25) is 4.68 Å². The number of hydrogen-bond donors (Lipinski definition) is 1. The van der Waals surface area contributed by atoms with Crippen LogP contribution in [0.25, 0.3) is 0 Å². The van der Waals surface area contributed by atoms with Crippen molar-refractivity contribution in [1.82, 2.24) is 9.78 Å². The zero-order valence-electron chi connectivity index (χ0n) is 10.7. The first-order valence-electron chi connectivity index (χ1n) is 6.51. The van der Waals surface area contributed by atoms with Crippen molar-refractivity contribution in [3.8, 4) is 0 Å². The maximum absolute atomic E-state index is 6.29. The van der Waals surface area contributed by atoms with Gasteiger partial charge in [0.05, 0.1) is 5.69 Å². The summed E-state index contributed by atoms with van der Waals surface area (Å²) in [6, 6.07) is 0. The van der Waals surface area contributed by atoms with Crippen LogP contribution in [0.2, 0.25) is 5.15 Å². The summed E-state index contributed by atoms with van der Waals surface area (Å²) in [6.45, 7) is 2.85. The maximum atomic E-state index is 6.29. The van der Waals surface area contributed by atoms with Gasteiger partial charge in [0.25, 0.3) is 0 Å². The van der Waals surface area contributed by atoms with Gasteiger partial charge >= 0.3 is 0 Å². The third-order valence-corrected chi connectivity index (χ3v) is 4.58. The lowest BCUT2D eigenvalue weighted by Gasteiger charge is -2.30. The molecule has 1 aromatic heterocycles. The minimum atomic E-state index is 0.666. The lowest BCUT2D eigenvalue weighted by Crippen LogP contribution is -2.28. The van der Waals surface area contributed by atoms with Crippen LogP contribution >= 0.6 is 11.6 Å². The molecule has 0 amide bonds. The third-order valence-electron chi connectivity index (χ3n) is 4.11. The second kappa shape index (κ2) is 5.40. The van der Waals surface area contributed by atoms with Gasteiger partial charge in [0.2, 0.25) is 0 Å². The minimum Gasteiger partial charge on any atom is -0.330 e. The van der Waals surface area contributed by atoms with Crippen LogP contribution in [0.5, 0.6) is 0 Å². The fraction of sp³-hybridized carbons (Fsp3) is 0.769. The second-order valence-electron chi connectivity index (χ2n) is 5.22. The molecule has 4 heteroatoms. The Morgan fingerprint density at radius 2 is 2.00 bits per heavy atom. The van der Waals surface area contributed by atoms with Crippen LogP contribution in [0.3, 0.4) is 0 Å². The molecule has 1 heterocycles. The molecule has 1 aliphatic rings. The first kappa shape index (κ1) is 12.9. The molecule has 17 heavy (non-hydrogen) atoms. The molecule has 0 spiro atoms. The lowest BCUT2D eigenvalue weighted by atomic mass is 9.76. The van der Waals surface area contributed by atoms with Gasteiger partial charge in [-0.15, -0.1) is 0 Å². The minimum absolute atomic E-state index is 0.666. The molecule has 2 rings (SSSR count). The average molecular weight is 256 g/mol. The Morgan fingerprint density at radius 3 is 2.53 bits per heavy atom. The Bertz CT molecular complexity index is 386. The molecule has 1 fully saturated rings. The van der Waals surface area contributed by atoms with E-state index >= 15 is 0 Å². The van der Waals surface area contributed by atoms with Crippen molar-refractivity contribution >= 4 is 11.6 Å². The highest BCUT2D eigenvalue weighted by Crippen LogP contribution is 2.34. The Morgan fingerprint density at radius 1 is 1.35 bits per heavy atom. The molecule has 2 atom stereocenters. The fourth-order valence-corrected chi connectivity index (χ4v) is 3.28. The van der Waals surface area contributed by atoms with Crippen molar-refractivity contribution in [2.24, 2.45) is 24.6 Å².